The molecule has 0 radical (unpaired) electrons. The number of hydrogen-bond acceptors (Lipinski definition) is 5. The fraction of sp³-hybridized carbons (Fsp3) is 0.321. The van der Waals surface area contributed by atoms with Gasteiger partial charge in [0.25, 0.3) is 10.0 Å². The summed E-state index contributed by atoms with van der Waals surface area (Å²) in [6.07, 6.45) is 3.70. The van der Waals surface area contributed by atoms with Crippen LogP contribution in [-0.2, 0) is 27.9 Å². The summed E-state index contributed by atoms with van der Waals surface area (Å²) in [6, 6.07) is 20.5. The van der Waals surface area contributed by atoms with Crippen LogP contribution in [0.1, 0.15) is 30.4 Å². The first-order valence-corrected chi connectivity index (χ1v) is 14.2. The Morgan fingerprint density at radius 1 is 0.946 bits per heavy atom. The van der Waals surface area contributed by atoms with Gasteiger partial charge in [0.05, 0.1) is 17.7 Å². The number of carbonyl (C=O) groups is 1. The number of amides is 1. The van der Waals surface area contributed by atoms with Crippen LogP contribution in [0.3, 0.4) is 0 Å². The Bertz CT molecular complexity index is 1290. The van der Waals surface area contributed by atoms with E-state index in [1.54, 1.807) is 36.4 Å². The van der Waals surface area contributed by atoms with Crippen molar-refractivity contribution in [2.45, 2.75) is 37.2 Å². The van der Waals surface area contributed by atoms with Crippen molar-refractivity contribution in [1.29, 1.82) is 0 Å². The largest absolute Gasteiger partial charge is 0.497 e. The van der Waals surface area contributed by atoms with Gasteiger partial charge in [-0.2, -0.15) is 0 Å². The van der Waals surface area contributed by atoms with Gasteiger partial charge in [-0.15, -0.1) is 0 Å². The Labute approximate surface area is 224 Å². The minimum atomic E-state index is -4.03. The lowest BCUT2D eigenvalue weighted by Gasteiger charge is -2.27. The maximum atomic E-state index is 13.6. The van der Waals surface area contributed by atoms with Gasteiger partial charge in [-0.1, -0.05) is 42.3 Å². The molecule has 0 bridgehead atoms. The van der Waals surface area contributed by atoms with E-state index >= 15 is 0 Å². The third-order valence-electron chi connectivity index (χ3n) is 6.49. The molecule has 196 valence electrons. The highest BCUT2D eigenvalue weighted by Crippen LogP contribution is 2.26. The summed E-state index contributed by atoms with van der Waals surface area (Å²) in [6.45, 7) is 2.96. The molecule has 0 aromatic heterocycles. The Balaban J connectivity index is 1.50. The Morgan fingerprint density at radius 2 is 1.59 bits per heavy atom. The van der Waals surface area contributed by atoms with Gasteiger partial charge in [0.2, 0.25) is 5.91 Å². The van der Waals surface area contributed by atoms with E-state index in [2.05, 4.69) is 16.3 Å². The summed E-state index contributed by atoms with van der Waals surface area (Å²) in [7, 11) is -2.52. The summed E-state index contributed by atoms with van der Waals surface area (Å²) >= 11 is 6.02. The summed E-state index contributed by atoms with van der Waals surface area (Å²) < 4.78 is 33.4. The molecule has 1 aliphatic heterocycles. The van der Waals surface area contributed by atoms with Crippen molar-refractivity contribution in [1.82, 2.24) is 10.2 Å². The average molecular weight is 542 g/mol. The molecule has 1 N–H and O–H groups in total. The van der Waals surface area contributed by atoms with Gasteiger partial charge < -0.3 is 10.1 Å². The first kappa shape index (κ1) is 27.0. The van der Waals surface area contributed by atoms with Crippen molar-refractivity contribution in [3.05, 3.63) is 88.9 Å². The molecule has 0 spiro atoms. The zero-order chi connectivity index (χ0) is 26.3. The molecule has 4 rings (SSSR count). The molecule has 9 heteroatoms. The van der Waals surface area contributed by atoms with Crippen LogP contribution in [0.5, 0.6) is 5.75 Å². The van der Waals surface area contributed by atoms with E-state index in [1.807, 2.05) is 18.2 Å². The summed E-state index contributed by atoms with van der Waals surface area (Å²) in [5, 5.41) is 3.39. The third kappa shape index (κ3) is 7.03. The molecule has 1 heterocycles. The normalized spacial score (nSPS) is 14.2. The predicted molar refractivity (Wildman–Crippen MR) is 146 cm³/mol. The van der Waals surface area contributed by atoms with Crippen LogP contribution < -0.4 is 14.4 Å². The predicted octanol–water partition coefficient (Wildman–Crippen LogP) is 4.85. The Hall–Kier alpha value is -3.07. The lowest BCUT2D eigenvalue weighted by atomic mass is 10.0. The van der Waals surface area contributed by atoms with E-state index in [-0.39, 0.29) is 11.4 Å². The summed E-state index contributed by atoms with van der Waals surface area (Å²) in [5.41, 5.74) is 2.54. The van der Waals surface area contributed by atoms with Crippen LogP contribution in [0.4, 0.5) is 5.69 Å². The number of ether oxygens (including phenoxy) is 1. The van der Waals surface area contributed by atoms with Gasteiger partial charge in [-0.3, -0.25) is 14.0 Å². The van der Waals surface area contributed by atoms with E-state index in [0.29, 0.717) is 23.0 Å². The van der Waals surface area contributed by atoms with E-state index < -0.39 is 15.9 Å². The molecule has 7 nitrogen and oxygen atoms in total. The second-order valence-corrected chi connectivity index (χ2v) is 11.3. The van der Waals surface area contributed by atoms with Crippen LogP contribution in [0.2, 0.25) is 5.02 Å². The number of anilines is 1. The maximum Gasteiger partial charge on any atom is 0.264 e. The minimum absolute atomic E-state index is 0.0583. The highest BCUT2D eigenvalue weighted by molar-refractivity contribution is 7.92. The number of likely N-dealkylation sites (tertiary alicyclic amines) is 1. The highest BCUT2D eigenvalue weighted by Gasteiger charge is 2.27. The number of benzene rings is 3. The summed E-state index contributed by atoms with van der Waals surface area (Å²) in [4.78, 5) is 15.6. The number of carbonyl (C=O) groups excluding carboxylic acids is 1. The fourth-order valence-corrected chi connectivity index (χ4v) is 5.97. The lowest BCUT2D eigenvalue weighted by Crippen LogP contribution is -2.40. The van der Waals surface area contributed by atoms with E-state index in [0.717, 1.165) is 29.5 Å². The lowest BCUT2D eigenvalue weighted by molar-refractivity contribution is -0.119. The molecule has 37 heavy (non-hydrogen) atoms. The monoisotopic (exact) mass is 541 g/mol. The van der Waals surface area contributed by atoms with E-state index in [4.69, 9.17) is 16.3 Å². The SMILES string of the molecule is COc1ccc(S(=O)(=O)N(CC(=O)NCc2ccccc2CN2CCCCC2)c2ccc(Cl)cc2)cc1. The third-order valence-corrected chi connectivity index (χ3v) is 8.53. The van der Waals surface area contributed by atoms with Crippen molar-refractivity contribution in [2.24, 2.45) is 0 Å². The zero-order valence-electron chi connectivity index (χ0n) is 20.9. The number of methoxy groups -OCH3 is 1. The molecule has 0 aliphatic carbocycles. The molecular weight excluding hydrogens is 510 g/mol. The standard InChI is InChI=1S/C28H32ClN3O4S/c1-36-26-13-15-27(16-14-26)37(34,35)32(25-11-9-24(29)10-12-25)21-28(33)30-19-22-7-3-4-8-23(22)20-31-17-5-2-6-18-31/h3-4,7-16H,2,5-6,17-21H2,1H3,(H,30,33). The minimum Gasteiger partial charge on any atom is -0.497 e. The maximum absolute atomic E-state index is 13.6. The van der Waals surface area contributed by atoms with Crippen molar-refractivity contribution in [3.8, 4) is 5.75 Å². The molecule has 0 unspecified atom stereocenters. The van der Waals surface area contributed by atoms with Gasteiger partial charge in [-0.25, -0.2) is 8.42 Å². The van der Waals surface area contributed by atoms with E-state index in [1.165, 1.54) is 44.1 Å². The van der Waals surface area contributed by atoms with Gasteiger partial charge >= 0.3 is 0 Å². The Morgan fingerprint density at radius 3 is 2.24 bits per heavy atom. The molecule has 0 atom stereocenters. The molecule has 1 fully saturated rings. The Kier molecular flexibility index (Phi) is 9.08. The fourth-order valence-electron chi connectivity index (χ4n) is 4.42. The number of rotatable bonds is 10. The van der Waals surface area contributed by atoms with Gasteiger partial charge in [-0.05, 0) is 85.6 Å². The van der Waals surface area contributed by atoms with Crippen LogP contribution in [0.15, 0.2) is 77.7 Å². The number of hydrogen-bond donors (Lipinski definition) is 1. The number of sulfonamides is 1. The van der Waals surface area contributed by atoms with Crippen LogP contribution in [0.25, 0.3) is 0 Å². The van der Waals surface area contributed by atoms with Crippen LogP contribution in [0, 0.1) is 0 Å². The summed E-state index contributed by atoms with van der Waals surface area (Å²) in [5.74, 6) is 0.137. The number of halogens is 1. The number of nitrogens with one attached hydrogen (secondary N) is 1. The highest BCUT2D eigenvalue weighted by atomic mass is 35.5. The number of piperidine rings is 1. The van der Waals surface area contributed by atoms with Gasteiger partial charge in [0, 0.05) is 18.1 Å². The zero-order valence-corrected chi connectivity index (χ0v) is 22.5. The molecule has 1 saturated heterocycles. The van der Waals surface area contributed by atoms with Gasteiger partial charge in [0.1, 0.15) is 12.3 Å². The molecule has 1 amide bonds. The molecule has 0 saturated carbocycles. The first-order valence-electron chi connectivity index (χ1n) is 12.3. The topological polar surface area (TPSA) is 79.0 Å². The molecule has 3 aromatic carbocycles. The van der Waals surface area contributed by atoms with E-state index in [9.17, 15) is 13.2 Å². The molecule has 1 aliphatic rings. The quantitative estimate of drug-likeness (QED) is 0.397. The van der Waals surface area contributed by atoms with Crippen molar-refractivity contribution >= 4 is 33.2 Å². The number of nitrogens with zero attached hydrogens (tertiary/aromatic N) is 2. The van der Waals surface area contributed by atoms with Gasteiger partial charge in [0.15, 0.2) is 0 Å². The van der Waals surface area contributed by atoms with Crippen LogP contribution in [-0.4, -0.2) is 46.0 Å². The van der Waals surface area contributed by atoms with Crippen LogP contribution >= 0.6 is 11.6 Å². The van der Waals surface area contributed by atoms with Crippen molar-refractivity contribution < 1.29 is 17.9 Å². The first-order chi connectivity index (χ1) is 17.9. The van der Waals surface area contributed by atoms with Crippen molar-refractivity contribution in [2.75, 3.05) is 31.0 Å². The smallest absolute Gasteiger partial charge is 0.264 e. The average Bonchev–Trinajstić information content (AvgIpc) is 2.92. The second-order valence-electron chi connectivity index (χ2n) is 9.05. The molecule has 3 aromatic rings. The van der Waals surface area contributed by atoms with Crippen molar-refractivity contribution in [3.63, 3.8) is 0 Å². The molecular formula is C28H32ClN3O4S. The second kappa shape index (κ2) is 12.4.